The van der Waals surface area contributed by atoms with Crippen LogP contribution in [0.1, 0.15) is 20.8 Å². The molecule has 2 nitrogen and oxygen atoms in total. The zero-order chi connectivity index (χ0) is 8.48. The number of imidazole rings is 1. The van der Waals surface area contributed by atoms with Gasteiger partial charge in [0, 0.05) is 5.16 Å². The van der Waals surface area contributed by atoms with E-state index in [9.17, 15) is 0 Å². The maximum absolute atomic E-state index is 4.17. The van der Waals surface area contributed by atoms with E-state index in [1.54, 1.807) is 18.0 Å². The standard InChI is InChI=1S/C8H13N2S.Li/c1-8(2,3)11-7-9-5-6-10(7)4;/h5H,1-4H3;/q-1;+1. The summed E-state index contributed by atoms with van der Waals surface area (Å²) >= 11 is 1.75. The average Bonchev–Trinajstić information content (AvgIpc) is 2.12. The fraction of sp³-hybridized carbons (Fsp3) is 0.625. The number of hydrogen-bond donors (Lipinski definition) is 0. The summed E-state index contributed by atoms with van der Waals surface area (Å²) in [5.74, 6) is 0. The summed E-state index contributed by atoms with van der Waals surface area (Å²) in [5.41, 5.74) is 0. The van der Waals surface area contributed by atoms with E-state index in [1.807, 2.05) is 11.6 Å². The Hall–Kier alpha value is 0.157. The van der Waals surface area contributed by atoms with Crippen LogP contribution in [-0.2, 0) is 7.05 Å². The van der Waals surface area contributed by atoms with Gasteiger partial charge in [0.25, 0.3) is 0 Å². The zero-order valence-corrected chi connectivity index (χ0v) is 9.20. The van der Waals surface area contributed by atoms with Crippen molar-refractivity contribution < 1.29 is 18.9 Å². The number of thioether (sulfide) groups is 1. The van der Waals surface area contributed by atoms with Gasteiger partial charge in [0.05, 0.1) is 0 Å². The van der Waals surface area contributed by atoms with Gasteiger partial charge in [-0.15, -0.1) is 0 Å². The molecule has 0 aliphatic carbocycles. The molecule has 0 amide bonds. The van der Waals surface area contributed by atoms with E-state index in [2.05, 4.69) is 32.0 Å². The van der Waals surface area contributed by atoms with Crippen LogP contribution in [0.4, 0.5) is 0 Å². The van der Waals surface area contributed by atoms with Crippen LogP contribution in [0, 0.1) is 6.20 Å². The van der Waals surface area contributed by atoms with E-state index in [-0.39, 0.29) is 23.6 Å². The normalized spacial score (nSPS) is 11.0. The first-order valence-electron chi connectivity index (χ1n) is 3.57. The molecule has 0 saturated carbocycles. The first-order chi connectivity index (χ1) is 4.99. The minimum absolute atomic E-state index is 0. The summed E-state index contributed by atoms with van der Waals surface area (Å²) < 4.78 is 2.14. The van der Waals surface area contributed by atoms with Crippen molar-refractivity contribution in [3.63, 3.8) is 0 Å². The molecular formula is C8H13LiN2S. The molecule has 0 radical (unpaired) electrons. The quantitative estimate of drug-likeness (QED) is 0.314. The fourth-order valence-corrected chi connectivity index (χ4v) is 1.52. The van der Waals surface area contributed by atoms with Gasteiger partial charge in [-0.2, -0.15) is 18.0 Å². The van der Waals surface area contributed by atoms with Crippen molar-refractivity contribution in [3.8, 4) is 0 Å². The van der Waals surface area contributed by atoms with Crippen LogP contribution in [0.25, 0.3) is 0 Å². The van der Waals surface area contributed by atoms with Crippen molar-refractivity contribution in [1.82, 2.24) is 9.55 Å². The first kappa shape index (κ1) is 12.2. The monoisotopic (exact) mass is 176 g/mol. The molecule has 0 aliphatic rings. The number of aromatic nitrogens is 2. The largest absolute Gasteiger partial charge is 1.00 e. The second-order valence-electron chi connectivity index (χ2n) is 3.44. The van der Waals surface area contributed by atoms with Crippen LogP contribution in [-0.4, -0.2) is 14.3 Å². The first-order valence-corrected chi connectivity index (χ1v) is 4.39. The molecule has 0 N–H and O–H groups in total. The van der Waals surface area contributed by atoms with Crippen molar-refractivity contribution in [2.24, 2.45) is 7.05 Å². The summed E-state index contributed by atoms with van der Waals surface area (Å²) in [6.45, 7) is 6.52. The Morgan fingerprint density at radius 2 is 2.08 bits per heavy atom. The molecule has 0 fully saturated rings. The summed E-state index contributed by atoms with van der Waals surface area (Å²) in [6.07, 6.45) is 4.68. The molecular weight excluding hydrogens is 163 g/mol. The van der Waals surface area contributed by atoms with Gasteiger partial charge in [0.15, 0.2) is 0 Å². The Labute approximate surface area is 90.3 Å². The van der Waals surface area contributed by atoms with Gasteiger partial charge < -0.3 is 9.55 Å². The van der Waals surface area contributed by atoms with Crippen LogP contribution in [0.15, 0.2) is 11.4 Å². The SMILES string of the molecule is Cn1[c-]cnc1SC(C)(C)C.[Li+]. The number of aryl methyl sites for hydroxylation is 1. The molecule has 0 spiro atoms. The third-order valence-corrected chi connectivity index (χ3v) is 2.28. The zero-order valence-electron chi connectivity index (χ0n) is 8.38. The smallest absolute Gasteiger partial charge is 0.492 e. The van der Waals surface area contributed by atoms with Crippen LogP contribution < -0.4 is 18.9 Å². The number of rotatable bonds is 1. The molecule has 0 atom stereocenters. The second-order valence-corrected chi connectivity index (χ2v) is 5.24. The predicted molar refractivity (Wildman–Crippen MR) is 47.7 cm³/mol. The van der Waals surface area contributed by atoms with Crippen molar-refractivity contribution in [1.29, 1.82) is 0 Å². The Bertz CT molecular complexity index is 239. The molecule has 4 heteroatoms. The summed E-state index contributed by atoms with van der Waals surface area (Å²) in [4.78, 5) is 4.17. The molecule has 1 aromatic rings. The van der Waals surface area contributed by atoms with E-state index in [0.29, 0.717) is 0 Å². The maximum atomic E-state index is 4.17. The molecule has 1 heterocycles. The molecule has 0 saturated heterocycles. The van der Waals surface area contributed by atoms with Crippen LogP contribution in [0.3, 0.4) is 0 Å². The number of nitrogens with zero attached hydrogens (tertiary/aromatic N) is 2. The van der Waals surface area contributed by atoms with E-state index < -0.39 is 0 Å². The fourth-order valence-electron chi connectivity index (χ4n) is 0.681. The van der Waals surface area contributed by atoms with Gasteiger partial charge in [0.2, 0.25) is 0 Å². The molecule has 1 rings (SSSR count). The third-order valence-electron chi connectivity index (χ3n) is 1.11. The van der Waals surface area contributed by atoms with Crippen molar-refractivity contribution in [2.75, 3.05) is 0 Å². The summed E-state index contributed by atoms with van der Waals surface area (Å²) in [7, 11) is 1.96. The molecule has 62 valence electrons. The Morgan fingerprint density at radius 3 is 2.42 bits per heavy atom. The maximum Gasteiger partial charge on any atom is 1.00 e. The molecule has 1 aromatic heterocycles. The Morgan fingerprint density at radius 1 is 1.50 bits per heavy atom. The van der Waals surface area contributed by atoms with Gasteiger partial charge in [-0.3, -0.25) is 0 Å². The molecule has 0 aliphatic heterocycles. The van der Waals surface area contributed by atoms with Crippen LogP contribution in [0.2, 0.25) is 0 Å². The topological polar surface area (TPSA) is 17.8 Å². The molecule has 0 bridgehead atoms. The third kappa shape index (κ3) is 3.71. The van der Waals surface area contributed by atoms with Gasteiger partial charge in [-0.25, -0.2) is 0 Å². The number of hydrogen-bond acceptors (Lipinski definition) is 2. The van der Waals surface area contributed by atoms with E-state index in [4.69, 9.17) is 0 Å². The van der Waals surface area contributed by atoms with Crippen molar-refractivity contribution in [3.05, 3.63) is 12.4 Å². The van der Waals surface area contributed by atoms with Crippen LogP contribution in [0.5, 0.6) is 0 Å². The molecule has 0 unspecified atom stereocenters. The second kappa shape index (κ2) is 4.41. The average molecular weight is 176 g/mol. The summed E-state index contributed by atoms with van der Waals surface area (Å²) in [5, 5.41) is 1.03. The molecule has 0 aromatic carbocycles. The van der Waals surface area contributed by atoms with Crippen molar-refractivity contribution in [2.45, 2.75) is 30.7 Å². The Kier molecular flexibility index (Phi) is 4.47. The minimum atomic E-state index is 0. The van der Waals surface area contributed by atoms with Crippen molar-refractivity contribution >= 4 is 11.8 Å². The van der Waals surface area contributed by atoms with Gasteiger partial charge in [0.1, 0.15) is 0 Å². The van der Waals surface area contributed by atoms with Gasteiger partial charge >= 0.3 is 18.9 Å². The van der Waals surface area contributed by atoms with Gasteiger partial charge in [-0.05, 0) is 11.8 Å². The minimum Gasteiger partial charge on any atom is -0.492 e. The Balaban J connectivity index is 0.00000121. The van der Waals surface area contributed by atoms with Crippen LogP contribution >= 0.6 is 11.8 Å². The predicted octanol–water partition coefficient (Wildman–Crippen LogP) is -0.885. The van der Waals surface area contributed by atoms with Gasteiger partial charge in [-0.1, -0.05) is 27.0 Å². The van der Waals surface area contributed by atoms with E-state index >= 15 is 0 Å². The van der Waals surface area contributed by atoms with E-state index in [1.165, 1.54) is 0 Å². The summed E-state index contributed by atoms with van der Waals surface area (Å²) in [6, 6.07) is 0. The molecule has 12 heavy (non-hydrogen) atoms. The van der Waals surface area contributed by atoms with E-state index in [0.717, 1.165) is 5.16 Å².